The van der Waals surface area contributed by atoms with Crippen LogP contribution in [0, 0.1) is 11.6 Å². The van der Waals surface area contributed by atoms with E-state index in [2.05, 4.69) is 4.90 Å². The topological polar surface area (TPSA) is 53.0 Å². The second-order valence-corrected chi connectivity index (χ2v) is 6.26. The molecule has 0 spiro atoms. The molecular weight excluding hydrogens is 318 g/mol. The third-order valence-electron chi connectivity index (χ3n) is 3.92. The van der Waals surface area contributed by atoms with E-state index in [0.29, 0.717) is 32.7 Å². The van der Waals surface area contributed by atoms with Gasteiger partial charge in [-0.1, -0.05) is 0 Å². The number of aliphatic hydroxyl groups is 1. The molecule has 0 bridgehead atoms. The SMILES string of the molecule is CC(C)OCC(O)CN1CCN(C(=O)c2ccc(F)c(F)c2)CC1. The maximum absolute atomic E-state index is 13.2. The molecule has 1 N–H and O–H groups in total. The number of β-amino-alcohol motifs (C(OH)–C–C–N with tert-alkyl or cyclic N) is 1. The summed E-state index contributed by atoms with van der Waals surface area (Å²) >= 11 is 0. The Morgan fingerprint density at radius 3 is 2.46 bits per heavy atom. The van der Waals surface area contributed by atoms with Crippen LogP contribution in [-0.4, -0.2) is 72.4 Å². The average Bonchev–Trinajstić information content (AvgIpc) is 2.55. The van der Waals surface area contributed by atoms with E-state index in [1.54, 1.807) is 4.90 Å². The Morgan fingerprint density at radius 2 is 1.88 bits per heavy atom. The fourth-order valence-corrected chi connectivity index (χ4v) is 2.60. The van der Waals surface area contributed by atoms with Gasteiger partial charge in [-0.05, 0) is 32.0 Å². The Hall–Kier alpha value is -1.57. The average molecular weight is 342 g/mol. The molecule has 1 aliphatic rings. The molecule has 1 amide bonds. The van der Waals surface area contributed by atoms with E-state index >= 15 is 0 Å². The van der Waals surface area contributed by atoms with Gasteiger partial charge >= 0.3 is 0 Å². The van der Waals surface area contributed by atoms with Crippen molar-refractivity contribution < 1.29 is 23.4 Å². The van der Waals surface area contributed by atoms with Crippen LogP contribution >= 0.6 is 0 Å². The van der Waals surface area contributed by atoms with Gasteiger partial charge < -0.3 is 14.7 Å². The number of carbonyl (C=O) groups excluding carboxylic acids is 1. The molecule has 0 saturated carbocycles. The second kappa shape index (κ2) is 8.50. The Kier molecular flexibility index (Phi) is 6.65. The van der Waals surface area contributed by atoms with Crippen LogP contribution < -0.4 is 0 Å². The summed E-state index contributed by atoms with van der Waals surface area (Å²) in [6.45, 7) is 6.80. The van der Waals surface area contributed by atoms with Crippen LogP contribution in [0.2, 0.25) is 0 Å². The van der Waals surface area contributed by atoms with Gasteiger partial charge in [-0.15, -0.1) is 0 Å². The molecule has 7 heteroatoms. The van der Waals surface area contributed by atoms with Crippen LogP contribution in [0.4, 0.5) is 8.78 Å². The first-order chi connectivity index (χ1) is 11.4. The Balaban J connectivity index is 1.81. The first-order valence-corrected chi connectivity index (χ1v) is 8.13. The third kappa shape index (κ3) is 5.22. The van der Waals surface area contributed by atoms with Crippen molar-refractivity contribution in [1.29, 1.82) is 0 Å². The highest BCUT2D eigenvalue weighted by atomic mass is 19.2. The van der Waals surface area contributed by atoms with E-state index in [0.717, 1.165) is 12.1 Å². The lowest BCUT2D eigenvalue weighted by molar-refractivity contribution is -0.0137. The number of nitrogens with zero attached hydrogens (tertiary/aromatic N) is 2. The van der Waals surface area contributed by atoms with Crippen molar-refractivity contribution in [2.24, 2.45) is 0 Å². The number of carbonyl (C=O) groups is 1. The van der Waals surface area contributed by atoms with Gasteiger partial charge in [0.05, 0.1) is 18.8 Å². The minimum atomic E-state index is -1.02. The molecule has 1 saturated heterocycles. The summed E-state index contributed by atoms with van der Waals surface area (Å²) in [4.78, 5) is 16.0. The summed E-state index contributed by atoms with van der Waals surface area (Å²) < 4.78 is 31.6. The number of amides is 1. The number of halogens is 2. The lowest BCUT2D eigenvalue weighted by Crippen LogP contribution is -2.50. The lowest BCUT2D eigenvalue weighted by Gasteiger charge is -2.35. The molecule has 1 aromatic carbocycles. The van der Waals surface area contributed by atoms with Gasteiger partial charge in [0, 0.05) is 38.3 Å². The maximum atomic E-state index is 13.2. The van der Waals surface area contributed by atoms with Crippen molar-refractivity contribution in [3.05, 3.63) is 35.4 Å². The fraction of sp³-hybridized carbons (Fsp3) is 0.588. The van der Waals surface area contributed by atoms with Crippen molar-refractivity contribution in [2.45, 2.75) is 26.1 Å². The van der Waals surface area contributed by atoms with Gasteiger partial charge in [-0.2, -0.15) is 0 Å². The minimum Gasteiger partial charge on any atom is -0.389 e. The lowest BCUT2D eigenvalue weighted by atomic mass is 10.1. The first kappa shape index (κ1) is 18.8. The minimum absolute atomic E-state index is 0.0743. The van der Waals surface area contributed by atoms with E-state index in [1.807, 2.05) is 13.8 Å². The monoisotopic (exact) mass is 342 g/mol. The highest BCUT2D eigenvalue weighted by Gasteiger charge is 2.24. The Bertz CT molecular complexity index is 561. The summed E-state index contributed by atoms with van der Waals surface area (Å²) in [6.07, 6.45) is -0.494. The molecule has 1 fully saturated rings. The summed E-state index contributed by atoms with van der Waals surface area (Å²) in [7, 11) is 0. The van der Waals surface area contributed by atoms with E-state index in [4.69, 9.17) is 4.74 Å². The standard InChI is InChI=1S/C17H24F2N2O3/c1-12(2)24-11-14(22)10-20-5-7-21(8-6-20)17(23)13-3-4-15(18)16(19)9-13/h3-4,9,12,14,22H,5-8,10-11H2,1-2H3. The van der Waals surface area contributed by atoms with Crippen LogP contribution in [0.15, 0.2) is 18.2 Å². The van der Waals surface area contributed by atoms with Gasteiger partial charge in [0.2, 0.25) is 0 Å². The number of aliphatic hydroxyl groups excluding tert-OH is 1. The molecule has 1 unspecified atom stereocenters. The van der Waals surface area contributed by atoms with E-state index in [-0.39, 0.29) is 24.2 Å². The molecule has 1 heterocycles. The Labute approximate surface area is 140 Å². The normalized spacial score (nSPS) is 17.3. The van der Waals surface area contributed by atoms with Crippen LogP contribution in [0.1, 0.15) is 24.2 Å². The molecule has 24 heavy (non-hydrogen) atoms. The van der Waals surface area contributed by atoms with Crippen LogP contribution in [0.3, 0.4) is 0 Å². The molecule has 1 atom stereocenters. The highest BCUT2D eigenvalue weighted by Crippen LogP contribution is 2.13. The smallest absolute Gasteiger partial charge is 0.254 e. The zero-order valence-corrected chi connectivity index (χ0v) is 14.0. The maximum Gasteiger partial charge on any atom is 0.254 e. The molecule has 0 aromatic heterocycles. The van der Waals surface area contributed by atoms with Gasteiger partial charge in [0.1, 0.15) is 0 Å². The first-order valence-electron chi connectivity index (χ1n) is 8.13. The summed E-state index contributed by atoms with van der Waals surface area (Å²) in [5.41, 5.74) is 0.146. The quantitative estimate of drug-likeness (QED) is 0.851. The predicted octanol–water partition coefficient (Wildman–Crippen LogP) is 1.51. The molecule has 0 aliphatic carbocycles. The number of piperazine rings is 1. The molecule has 1 aliphatic heterocycles. The zero-order chi connectivity index (χ0) is 17.7. The van der Waals surface area contributed by atoms with Crippen molar-refractivity contribution in [2.75, 3.05) is 39.3 Å². The number of hydrogen-bond acceptors (Lipinski definition) is 4. The Morgan fingerprint density at radius 1 is 1.21 bits per heavy atom. The van der Waals surface area contributed by atoms with Gasteiger partial charge in [-0.25, -0.2) is 8.78 Å². The highest BCUT2D eigenvalue weighted by molar-refractivity contribution is 5.94. The van der Waals surface area contributed by atoms with Gasteiger partial charge in [-0.3, -0.25) is 9.69 Å². The molecule has 5 nitrogen and oxygen atoms in total. The zero-order valence-electron chi connectivity index (χ0n) is 14.0. The van der Waals surface area contributed by atoms with Gasteiger partial charge in [0.15, 0.2) is 11.6 Å². The molecular formula is C17H24F2N2O3. The van der Waals surface area contributed by atoms with Crippen LogP contribution in [-0.2, 0) is 4.74 Å². The fourth-order valence-electron chi connectivity index (χ4n) is 2.60. The van der Waals surface area contributed by atoms with Crippen molar-refractivity contribution >= 4 is 5.91 Å². The van der Waals surface area contributed by atoms with E-state index in [9.17, 15) is 18.7 Å². The summed E-state index contributed by atoms with van der Waals surface area (Å²) in [5.74, 6) is -2.29. The number of ether oxygens (including phenoxy) is 1. The third-order valence-corrected chi connectivity index (χ3v) is 3.92. The van der Waals surface area contributed by atoms with Gasteiger partial charge in [0.25, 0.3) is 5.91 Å². The number of rotatable bonds is 6. The predicted molar refractivity (Wildman–Crippen MR) is 85.8 cm³/mol. The molecule has 0 radical (unpaired) electrons. The van der Waals surface area contributed by atoms with E-state index in [1.165, 1.54) is 6.07 Å². The van der Waals surface area contributed by atoms with Crippen molar-refractivity contribution in [3.8, 4) is 0 Å². The molecule has 1 aromatic rings. The molecule has 2 rings (SSSR count). The number of hydrogen-bond donors (Lipinski definition) is 1. The summed E-state index contributed by atoms with van der Waals surface area (Å²) in [6, 6.07) is 3.18. The van der Waals surface area contributed by atoms with E-state index < -0.39 is 17.7 Å². The van der Waals surface area contributed by atoms with Crippen molar-refractivity contribution in [3.63, 3.8) is 0 Å². The summed E-state index contributed by atoms with van der Waals surface area (Å²) in [5, 5.41) is 9.94. The van der Waals surface area contributed by atoms with Crippen LogP contribution in [0.5, 0.6) is 0 Å². The largest absolute Gasteiger partial charge is 0.389 e. The van der Waals surface area contributed by atoms with Crippen LogP contribution in [0.25, 0.3) is 0 Å². The molecule has 134 valence electrons. The second-order valence-electron chi connectivity index (χ2n) is 6.26. The van der Waals surface area contributed by atoms with Crippen molar-refractivity contribution in [1.82, 2.24) is 9.80 Å². The number of benzene rings is 1.